The number of fused-ring (bicyclic) bond motifs is 2. The zero-order valence-electron chi connectivity index (χ0n) is 20.3. The molecule has 1 fully saturated rings. The molecule has 1 saturated heterocycles. The number of likely N-dealkylation sites (tertiary alicyclic amines) is 1. The van der Waals surface area contributed by atoms with E-state index in [2.05, 4.69) is 65.3 Å². The zero-order chi connectivity index (χ0) is 22.8. The van der Waals surface area contributed by atoms with Crippen molar-refractivity contribution in [2.24, 2.45) is 5.92 Å². The van der Waals surface area contributed by atoms with E-state index in [0.717, 1.165) is 43.5 Å². The van der Waals surface area contributed by atoms with E-state index in [1.807, 2.05) is 0 Å². The maximum atomic E-state index is 5.55. The standard InChI is InChI=1S/C29H36N2O2/c1-21-10-11-23-8-4-5-9-26(23)27(21)20-30-13-6-7-22(17-30)18-31-14-12-24-15-28(32-2)29(33-3)16-25(24)19-31/h4-5,8-11,15-16,22H,6-7,12-14,17-20H2,1-3H3. The molecule has 1 unspecified atom stereocenters. The minimum atomic E-state index is 0.732. The summed E-state index contributed by atoms with van der Waals surface area (Å²) in [7, 11) is 3.44. The molecule has 1 atom stereocenters. The molecule has 3 aromatic carbocycles. The van der Waals surface area contributed by atoms with Crippen LogP contribution in [-0.2, 0) is 19.5 Å². The van der Waals surface area contributed by atoms with Gasteiger partial charge in [0.15, 0.2) is 11.5 Å². The lowest BCUT2D eigenvalue weighted by molar-refractivity contribution is 0.122. The summed E-state index contributed by atoms with van der Waals surface area (Å²) < 4.78 is 11.1. The summed E-state index contributed by atoms with van der Waals surface area (Å²) >= 11 is 0. The molecule has 33 heavy (non-hydrogen) atoms. The smallest absolute Gasteiger partial charge is 0.161 e. The van der Waals surface area contributed by atoms with Crippen molar-refractivity contribution in [3.8, 4) is 11.5 Å². The molecule has 2 aliphatic heterocycles. The van der Waals surface area contributed by atoms with Gasteiger partial charge in [-0.25, -0.2) is 0 Å². The summed E-state index contributed by atoms with van der Waals surface area (Å²) in [5.41, 5.74) is 5.70. The van der Waals surface area contributed by atoms with Crippen LogP contribution in [0.2, 0.25) is 0 Å². The van der Waals surface area contributed by atoms with Crippen molar-refractivity contribution < 1.29 is 9.47 Å². The number of hydrogen-bond acceptors (Lipinski definition) is 4. The third-order valence-corrected chi connectivity index (χ3v) is 7.57. The van der Waals surface area contributed by atoms with Crippen LogP contribution < -0.4 is 9.47 Å². The maximum Gasteiger partial charge on any atom is 0.161 e. The van der Waals surface area contributed by atoms with Crippen LogP contribution in [-0.4, -0.2) is 50.2 Å². The van der Waals surface area contributed by atoms with Crippen molar-refractivity contribution in [3.05, 3.63) is 70.8 Å². The molecule has 0 saturated carbocycles. The fraction of sp³-hybridized carbons (Fsp3) is 0.448. The number of ether oxygens (including phenoxy) is 2. The molecule has 0 aromatic heterocycles. The topological polar surface area (TPSA) is 24.9 Å². The van der Waals surface area contributed by atoms with Crippen LogP contribution in [0.15, 0.2) is 48.5 Å². The lowest BCUT2D eigenvalue weighted by Gasteiger charge is -2.37. The third-order valence-electron chi connectivity index (χ3n) is 7.57. The van der Waals surface area contributed by atoms with E-state index in [1.165, 1.54) is 65.5 Å². The van der Waals surface area contributed by atoms with E-state index >= 15 is 0 Å². The fourth-order valence-corrected chi connectivity index (χ4v) is 5.78. The lowest BCUT2D eigenvalue weighted by Crippen LogP contribution is -2.42. The molecule has 0 aliphatic carbocycles. The Labute approximate surface area is 198 Å². The second kappa shape index (κ2) is 9.74. The highest BCUT2D eigenvalue weighted by Gasteiger charge is 2.26. The maximum absolute atomic E-state index is 5.55. The van der Waals surface area contributed by atoms with Crippen LogP contribution in [0.25, 0.3) is 10.8 Å². The normalized spacial score (nSPS) is 19.4. The summed E-state index contributed by atoms with van der Waals surface area (Å²) in [6.07, 6.45) is 3.71. The van der Waals surface area contributed by atoms with Gasteiger partial charge in [0.1, 0.15) is 0 Å². The first-order valence-electron chi connectivity index (χ1n) is 12.3. The first-order valence-corrected chi connectivity index (χ1v) is 12.3. The molecule has 2 aliphatic rings. The Morgan fingerprint density at radius 1 is 0.909 bits per heavy atom. The predicted molar refractivity (Wildman–Crippen MR) is 135 cm³/mol. The molecular formula is C29H36N2O2. The van der Waals surface area contributed by atoms with Crippen LogP contribution in [0, 0.1) is 12.8 Å². The van der Waals surface area contributed by atoms with E-state index in [4.69, 9.17) is 9.47 Å². The Kier molecular flexibility index (Phi) is 6.57. The molecule has 4 heteroatoms. The van der Waals surface area contributed by atoms with Crippen LogP contribution in [0.4, 0.5) is 0 Å². The van der Waals surface area contributed by atoms with Gasteiger partial charge in [-0.05, 0) is 83.8 Å². The van der Waals surface area contributed by atoms with Gasteiger partial charge in [0.05, 0.1) is 14.2 Å². The molecule has 3 aromatic rings. The minimum absolute atomic E-state index is 0.732. The Morgan fingerprint density at radius 2 is 1.70 bits per heavy atom. The number of benzene rings is 3. The lowest BCUT2D eigenvalue weighted by atomic mass is 9.93. The molecule has 0 amide bonds. The molecule has 0 spiro atoms. The second-order valence-electron chi connectivity index (χ2n) is 9.79. The number of hydrogen-bond donors (Lipinski definition) is 0. The molecule has 0 radical (unpaired) electrons. The number of methoxy groups -OCH3 is 2. The number of nitrogens with zero attached hydrogens (tertiary/aromatic N) is 2. The second-order valence-corrected chi connectivity index (χ2v) is 9.79. The quantitative estimate of drug-likeness (QED) is 0.506. The summed E-state index contributed by atoms with van der Waals surface area (Å²) in [6.45, 7) is 9.03. The van der Waals surface area contributed by atoms with E-state index in [9.17, 15) is 0 Å². The van der Waals surface area contributed by atoms with Gasteiger partial charge in [0.2, 0.25) is 0 Å². The van der Waals surface area contributed by atoms with Crippen LogP contribution in [0.1, 0.15) is 35.1 Å². The van der Waals surface area contributed by atoms with Gasteiger partial charge in [-0.3, -0.25) is 9.80 Å². The van der Waals surface area contributed by atoms with Crippen molar-refractivity contribution >= 4 is 10.8 Å². The Hall–Kier alpha value is -2.56. The molecule has 0 N–H and O–H groups in total. The highest BCUT2D eigenvalue weighted by molar-refractivity contribution is 5.86. The Morgan fingerprint density at radius 3 is 2.52 bits per heavy atom. The molecule has 174 valence electrons. The van der Waals surface area contributed by atoms with Crippen LogP contribution in [0.3, 0.4) is 0 Å². The van der Waals surface area contributed by atoms with Crippen LogP contribution in [0.5, 0.6) is 11.5 Å². The van der Waals surface area contributed by atoms with Crippen molar-refractivity contribution in [2.75, 3.05) is 40.4 Å². The van der Waals surface area contributed by atoms with E-state index in [-0.39, 0.29) is 0 Å². The highest BCUT2D eigenvalue weighted by Crippen LogP contribution is 2.34. The number of aryl methyl sites for hydroxylation is 1. The van der Waals surface area contributed by atoms with Gasteiger partial charge >= 0.3 is 0 Å². The van der Waals surface area contributed by atoms with Gasteiger partial charge in [0.25, 0.3) is 0 Å². The van der Waals surface area contributed by atoms with Gasteiger partial charge in [-0.2, -0.15) is 0 Å². The summed E-state index contributed by atoms with van der Waals surface area (Å²) in [5.74, 6) is 2.42. The minimum Gasteiger partial charge on any atom is -0.493 e. The SMILES string of the molecule is COc1cc2c(cc1OC)CN(CC1CCCN(Cc3c(C)ccc4ccccc34)C1)CC2. The summed E-state index contributed by atoms with van der Waals surface area (Å²) in [5, 5.41) is 2.77. The molecule has 2 heterocycles. The molecule has 0 bridgehead atoms. The average Bonchev–Trinajstić information content (AvgIpc) is 2.85. The van der Waals surface area contributed by atoms with E-state index in [1.54, 1.807) is 14.2 Å². The molecular weight excluding hydrogens is 408 g/mol. The van der Waals surface area contributed by atoms with Crippen molar-refractivity contribution in [1.82, 2.24) is 9.80 Å². The van der Waals surface area contributed by atoms with Crippen molar-refractivity contribution in [2.45, 2.75) is 39.3 Å². The monoisotopic (exact) mass is 444 g/mol. The van der Waals surface area contributed by atoms with E-state index < -0.39 is 0 Å². The van der Waals surface area contributed by atoms with Crippen molar-refractivity contribution in [1.29, 1.82) is 0 Å². The van der Waals surface area contributed by atoms with Gasteiger partial charge in [0, 0.05) is 32.7 Å². The average molecular weight is 445 g/mol. The Bertz CT molecular complexity index is 1130. The van der Waals surface area contributed by atoms with Gasteiger partial charge in [-0.1, -0.05) is 36.4 Å². The Balaban J connectivity index is 1.25. The summed E-state index contributed by atoms with van der Waals surface area (Å²) in [4.78, 5) is 5.33. The van der Waals surface area contributed by atoms with E-state index in [0.29, 0.717) is 0 Å². The number of piperidine rings is 1. The largest absolute Gasteiger partial charge is 0.493 e. The first kappa shape index (κ1) is 22.2. The van der Waals surface area contributed by atoms with Gasteiger partial charge in [-0.15, -0.1) is 0 Å². The highest BCUT2D eigenvalue weighted by atomic mass is 16.5. The summed E-state index contributed by atoms with van der Waals surface area (Å²) in [6, 6.07) is 17.7. The molecule has 5 rings (SSSR count). The van der Waals surface area contributed by atoms with Crippen molar-refractivity contribution in [3.63, 3.8) is 0 Å². The third kappa shape index (κ3) is 4.73. The fourth-order valence-electron chi connectivity index (χ4n) is 5.78. The number of rotatable bonds is 6. The molecule has 4 nitrogen and oxygen atoms in total. The zero-order valence-corrected chi connectivity index (χ0v) is 20.3. The van der Waals surface area contributed by atoms with Crippen LogP contribution >= 0.6 is 0 Å². The predicted octanol–water partition coefficient (Wildman–Crippen LogP) is 5.44. The first-order chi connectivity index (χ1) is 16.1. The van der Waals surface area contributed by atoms with Gasteiger partial charge < -0.3 is 9.47 Å².